The maximum Gasteiger partial charge on any atom is 0.323 e. The average molecular weight is 362 g/mol. The van der Waals surface area contributed by atoms with Crippen molar-refractivity contribution in [1.82, 2.24) is 0 Å². The Morgan fingerprint density at radius 1 is 0.885 bits per heavy atom. The van der Waals surface area contributed by atoms with Crippen LogP contribution in [-0.4, -0.2) is 44.4 Å². The van der Waals surface area contributed by atoms with Gasteiger partial charge < -0.3 is 31.9 Å². The summed E-state index contributed by atoms with van der Waals surface area (Å²) in [6.45, 7) is 0. The summed E-state index contributed by atoms with van der Waals surface area (Å²) in [5.74, 6) is -2.07. The predicted octanol–water partition coefficient (Wildman–Crippen LogP) is 0.478. The van der Waals surface area contributed by atoms with E-state index >= 15 is 0 Å². The number of aliphatic carboxylic acids is 2. The molecule has 8 N–H and O–H groups in total. The number of carboxylic acids is 2. The van der Waals surface area contributed by atoms with Crippen LogP contribution in [0.15, 0.2) is 54.6 Å². The fourth-order valence-electron chi connectivity index (χ4n) is 1.97. The molecule has 140 valence electrons. The van der Waals surface area contributed by atoms with Crippen molar-refractivity contribution in [1.29, 1.82) is 0 Å². The van der Waals surface area contributed by atoms with Gasteiger partial charge in [0.2, 0.25) is 0 Å². The zero-order valence-electron chi connectivity index (χ0n) is 13.9. The molecule has 0 saturated carbocycles. The summed E-state index contributed by atoms with van der Waals surface area (Å²) in [5.41, 5.74) is 11.9. The summed E-state index contributed by atoms with van der Waals surface area (Å²) in [6.07, 6.45) is -0.881. The molecule has 0 bridgehead atoms. The number of phenolic OH excluding ortho intramolecular Hbond substituents is 1. The van der Waals surface area contributed by atoms with E-state index in [9.17, 15) is 14.7 Å². The Labute approximate surface area is 150 Å². The summed E-state index contributed by atoms with van der Waals surface area (Å²) < 4.78 is 0. The topological polar surface area (TPSA) is 167 Å². The molecular weight excluding hydrogens is 340 g/mol. The molecule has 2 aromatic carbocycles. The molecule has 3 unspecified atom stereocenters. The van der Waals surface area contributed by atoms with Crippen LogP contribution in [0.4, 0.5) is 0 Å². The summed E-state index contributed by atoms with van der Waals surface area (Å²) in [4.78, 5) is 20.8. The molecule has 0 heterocycles. The molecule has 0 aliphatic heterocycles. The van der Waals surface area contributed by atoms with Crippen molar-refractivity contribution in [3.63, 3.8) is 0 Å². The summed E-state index contributed by atoms with van der Waals surface area (Å²) >= 11 is 0. The van der Waals surface area contributed by atoms with Gasteiger partial charge in [0.1, 0.15) is 23.9 Å². The fraction of sp³-hybridized carbons (Fsp3) is 0.222. The first-order valence-corrected chi connectivity index (χ1v) is 7.70. The van der Waals surface area contributed by atoms with Crippen molar-refractivity contribution >= 4 is 11.9 Å². The predicted molar refractivity (Wildman–Crippen MR) is 94.4 cm³/mol. The van der Waals surface area contributed by atoms with Gasteiger partial charge in [-0.1, -0.05) is 42.5 Å². The maximum atomic E-state index is 10.4. The summed E-state index contributed by atoms with van der Waals surface area (Å²) in [6, 6.07) is 12.6. The minimum atomic E-state index is -1.28. The fourth-order valence-corrected chi connectivity index (χ4v) is 1.97. The Hall–Kier alpha value is -2.94. The number of aliphatic hydroxyl groups excluding tert-OH is 1. The quantitative estimate of drug-likeness (QED) is 0.431. The van der Waals surface area contributed by atoms with Crippen LogP contribution in [0.2, 0.25) is 0 Å². The van der Waals surface area contributed by atoms with Crippen LogP contribution in [0, 0.1) is 0 Å². The van der Waals surface area contributed by atoms with Crippen LogP contribution >= 0.6 is 0 Å². The Balaban J connectivity index is 0.000000260. The molecule has 8 nitrogen and oxygen atoms in total. The van der Waals surface area contributed by atoms with Gasteiger partial charge in [0.15, 0.2) is 0 Å². The normalized spacial score (nSPS) is 13.7. The van der Waals surface area contributed by atoms with Crippen LogP contribution in [-0.2, 0) is 16.0 Å². The second kappa shape index (κ2) is 10.1. The first-order valence-electron chi connectivity index (χ1n) is 7.70. The lowest BCUT2D eigenvalue weighted by Gasteiger charge is -2.14. The van der Waals surface area contributed by atoms with Gasteiger partial charge in [0.05, 0.1) is 0 Å². The van der Waals surface area contributed by atoms with Gasteiger partial charge in [-0.3, -0.25) is 9.59 Å². The highest BCUT2D eigenvalue weighted by Gasteiger charge is 2.22. The molecule has 0 fully saturated rings. The van der Waals surface area contributed by atoms with E-state index in [1.807, 2.05) is 0 Å². The second-order valence-corrected chi connectivity index (χ2v) is 5.53. The lowest BCUT2D eigenvalue weighted by molar-refractivity contribution is -0.141. The molecule has 3 atom stereocenters. The molecule has 0 aliphatic rings. The van der Waals surface area contributed by atoms with Gasteiger partial charge in [-0.2, -0.15) is 0 Å². The van der Waals surface area contributed by atoms with Crippen LogP contribution in [0.1, 0.15) is 17.2 Å². The van der Waals surface area contributed by atoms with E-state index in [0.29, 0.717) is 5.56 Å². The highest BCUT2D eigenvalue weighted by Crippen LogP contribution is 2.14. The average Bonchev–Trinajstić information content (AvgIpc) is 2.63. The monoisotopic (exact) mass is 362 g/mol. The largest absolute Gasteiger partial charge is 0.508 e. The maximum absolute atomic E-state index is 10.4. The Morgan fingerprint density at radius 3 is 1.88 bits per heavy atom. The van der Waals surface area contributed by atoms with E-state index in [0.717, 1.165) is 5.56 Å². The van der Waals surface area contributed by atoms with Crippen LogP contribution in [0.25, 0.3) is 0 Å². The second-order valence-electron chi connectivity index (χ2n) is 5.53. The van der Waals surface area contributed by atoms with Gasteiger partial charge in [-0.05, 0) is 29.7 Å². The molecule has 2 rings (SSSR count). The van der Waals surface area contributed by atoms with Crippen molar-refractivity contribution in [2.75, 3.05) is 0 Å². The minimum absolute atomic E-state index is 0.160. The van der Waals surface area contributed by atoms with Crippen LogP contribution < -0.4 is 11.5 Å². The van der Waals surface area contributed by atoms with Gasteiger partial charge >= 0.3 is 11.9 Å². The molecule has 26 heavy (non-hydrogen) atoms. The number of carbonyl (C=O) groups is 2. The van der Waals surface area contributed by atoms with Crippen molar-refractivity contribution in [3.05, 3.63) is 65.7 Å². The number of aliphatic hydroxyl groups is 1. The molecule has 0 aliphatic carbocycles. The number of nitrogens with two attached hydrogens (primary N) is 2. The molecule has 0 amide bonds. The number of phenols is 1. The van der Waals surface area contributed by atoms with E-state index in [1.54, 1.807) is 42.5 Å². The van der Waals surface area contributed by atoms with E-state index in [2.05, 4.69) is 0 Å². The smallest absolute Gasteiger partial charge is 0.323 e. The third kappa shape index (κ3) is 6.89. The first kappa shape index (κ1) is 21.1. The lowest BCUT2D eigenvalue weighted by atomic mass is 10.0. The summed E-state index contributed by atoms with van der Waals surface area (Å²) in [7, 11) is 0. The van der Waals surface area contributed by atoms with Crippen LogP contribution in [0.3, 0.4) is 0 Å². The third-order valence-electron chi connectivity index (χ3n) is 3.48. The standard InChI is InChI=1S/2C9H11NO3/c10-8(9(12)13)5-6-1-3-7(11)4-2-6;10-7(9(12)13)8(11)6-4-2-1-3-5-6/h1-4,8,11H,5,10H2,(H,12,13);1-5,7-8,11H,10H2,(H,12,13). The molecule has 0 aromatic heterocycles. The van der Waals surface area contributed by atoms with Gasteiger partial charge in [-0.25, -0.2) is 0 Å². The van der Waals surface area contributed by atoms with Crippen LogP contribution in [0.5, 0.6) is 5.75 Å². The van der Waals surface area contributed by atoms with Gasteiger partial charge in [0.25, 0.3) is 0 Å². The number of aromatic hydroxyl groups is 1. The van der Waals surface area contributed by atoms with Crippen molar-refractivity contribution in [3.8, 4) is 5.75 Å². The Kier molecular flexibility index (Phi) is 8.23. The zero-order chi connectivity index (χ0) is 19.7. The van der Waals surface area contributed by atoms with E-state index in [4.69, 9.17) is 26.8 Å². The first-order chi connectivity index (χ1) is 12.2. The molecule has 8 heteroatoms. The lowest BCUT2D eigenvalue weighted by Crippen LogP contribution is -2.36. The summed E-state index contributed by atoms with van der Waals surface area (Å²) in [5, 5.41) is 35.5. The number of hydrogen-bond donors (Lipinski definition) is 6. The Bertz CT molecular complexity index is 705. The van der Waals surface area contributed by atoms with Crippen molar-refractivity contribution in [2.45, 2.75) is 24.6 Å². The molecular formula is C18H22N2O6. The number of benzene rings is 2. The molecule has 0 saturated heterocycles. The van der Waals surface area contributed by atoms with Crippen molar-refractivity contribution in [2.24, 2.45) is 11.5 Å². The SMILES string of the molecule is NC(C(=O)O)C(O)c1ccccc1.NC(Cc1ccc(O)cc1)C(=O)O. The van der Waals surface area contributed by atoms with Crippen molar-refractivity contribution < 1.29 is 30.0 Å². The van der Waals surface area contributed by atoms with E-state index in [-0.39, 0.29) is 12.2 Å². The number of hydrogen-bond acceptors (Lipinski definition) is 6. The molecule has 0 radical (unpaired) electrons. The minimum Gasteiger partial charge on any atom is -0.508 e. The van der Waals surface area contributed by atoms with Gasteiger partial charge in [-0.15, -0.1) is 0 Å². The van der Waals surface area contributed by atoms with E-state index < -0.39 is 30.1 Å². The highest BCUT2D eigenvalue weighted by atomic mass is 16.4. The number of rotatable bonds is 6. The molecule has 0 spiro atoms. The number of carboxylic acid groups (broad SMARTS) is 2. The highest BCUT2D eigenvalue weighted by molar-refractivity contribution is 5.74. The Morgan fingerprint density at radius 2 is 1.42 bits per heavy atom. The van der Waals surface area contributed by atoms with E-state index in [1.165, 1.54) is 12.1 Å². The molecule has 2 aromatic rings. The zero-order valence-corrected chi connectivity index (χ0v) is 13.9. The third-order valence-corrected chi connectivity index (χ3v) is 3.48. The van der Waals surface area contributed by atoms with Gasteiger partial charge in [0, 0.05) is 0 Å².